The van der Waals surface area contributed by atoms with Crippen LogP contribution in [0.1, 0.15) is 38.5 Å². The summed E-state index contributed by atoms with van der Waals surface area (Å²) in [7, 11) is -3.76. The summed E-state index contributed by atoms with van der Waals surface area (Å²) in [5.74, 6) is -3.37. The van der Waals surface area contributed by atoms with Crippen LogP contribution in [0.4, 0.5) is 13.2 Å². The van der Waals surface area contributed by atoms with E-state index in [4.69, 9.17) is 5.26 Å². The molecule has 3 aliphatic heterocycles. The smallest absolute Gasteiger partial charge is 0.351 e. The first-order chi connectivity index (χ1) is 15.5. The number of nitriles is 1. The minimum Gasteiger partial charge on any atom is -0.351 e. The lowest BCUT2D eigenvalue weighted by Crippen LogP contribution is -2.59. The van der Waals surface area contributed by atoms with Crippen molar-refractivity contribution in [3.8, 4) is 6.07 Å². The quantitative estimate of drug-likeness (QED) is 0.613. The second-order valence-corrected chi connectivity index (χ2v) is 11.3. The second-order valence-electron chi connectivity index (χ2n) is 9.38. The Morgan fingerprint density at radius 2 is 1.67 bits per heavy atom. The molecule has 4 rings (SSSR count). The molecule has 4 atom stereocenters. The van der Waals surface area contributed by atoms with E-state index in [1.165, 1.54) is 13.5 Å². The van der Waals surface area contributed by atoms with Crippen LogP contribution >= 0.6 is 0 Å². The Bertz CT molecular complexity index is 931. The van der Waals surface area contributed by atoms with Crippen molar-refractivity contribution in [1.82, 2.24) is 18.8 Å². The van der Waals surface area contributed by atoms with Crippen molar-refractivity contribution in [1.29, 1.82) is 5.26 Å². The van der Waals surface area contributed by atoms with Gasteiger partial charge in [-0.25, -0.2) is 0 Å². The van der Waals surface area contributed by atoms with Crippen LogP contribution in [0.15, 0.2) is 0 Å². The third kappa shape index (κ3) is 4.70. The van der Waals surface area contributed by atoms with Crippen LogP contribution < -0.4 is 5.32 Å². The number of carbonyl (C=O) groups excluding carboxylic acids is 2. The van der Waals surface area contributed by atoms with Crippen LogP contribution in [0, 0.1) is 29.1 Å². The molecule has 3 heterocycles. The monoisotopic (exact) mass is 491 g/mol. The van der Waals surface area contributed by atoms with Gasteiger partial charge in [0.25, 0.3) is 10.2 Å². The molecule has 184 valence electrons. The minimum absolute atomic E-state index is 0.00149. The predicted octanol–water partition coefficient (Wildman–Crippen LogP) is 0.847. The van der Waals surface area contributed by atoms with Crippen molar-refractivity contribution in [2.24, 2.45) is 17.8 Å². The highest BCUT2D eigenvalue weighted by molar-refractivity contribution is 7.86. The molecule has 1 N–H and O–H groups in total. The van der Waals surface area contributed by atoms with Gasteiger partial charge in [-0.2, -0.15) is 35.5 Å². The molecule has 0 spiro atoms. The SMILES string of the molecule is N#CC1CN(S(=O)(=O)N2CCC[C@H](C(=O)N3CCC[C@@H]3C(=O)N[C@H]3CC[C@@H]3C(F)(F)F)C2)C1. The van der Waals surface area contributed by atoms with E-state index >= 15 is 0 Å². The summed E-state index contributed by atoms with van der Waals surface area (Å²) in [6.07, 6.45) is -2.20. The third-order valence-electron chi connectivity index (χ3n) is 7.28. The van der Waals surface area contributed by atoms with Crippen LogP contribution in [0.2, 0.25) is 0 Å². The molecule has 3 saturated heterocycles. The number of carbonyl (C=O) groups is 2. The molecule has 0 aromatic heterocycles. The molecular formula is C20H28F3N5O4S. The Balaban J connectivity index is 1.37. The lowest BCUT2D eigenvalue weighted by Gasteiger charge is -2.41. The summed E-state index contributed by atoms with van der Waals surface area (Å²) in [6.45, 7) is 0.886. The number of halogens is 3. The zero-order valence-electron chi connectivity index (χ0n) is 18.1. The normalized spacial score (nSPS) is 32.0. The molecule has 33 heavy (non-hydrogen) atoms. The van der Waals surface area contributed by atoms with Crippen LogP contribution in [0.5, 0.6) is 0 Å². The largest absolute Gasteiger partial charge is 0.393 e. The molecular weight excluding hydrogens is 463 g/mol. The lowest BCUT2D eigenvalue weighted by molar-refractivity contribution is -0.203. The maximum absolute atomic E-state index is 13.2. The third-order valence-corrected chi connectivity index (χ3v) is 9.21. The summed E-state index contributed by atoms with van der Waals surface area (Å²) >= 11 is 0. The number of nitrogens with one attached hydrogen (secondary N) is 1. The number of hydrogen-bond acceptors (Lipinski definition) is 5. The number of alkyl halides is 3. The van der Waals surface area contributed by atoms with Crippen LogP contribution in [-0.4, -0.2) is 84.7 Å². The number of hydrogen-bond donors (Lipinski definition) is 1. The van der Waals surface area contributed by atoms with Gasteiger partial charge in [-0.3, -0.25) is 9.59 Å². The number of piperidine rings is 1. The lowest BCUT2D eigenvalue weighted by atomic mass is 9.79. The summed E-state index contributed by atoms with van der Waals surface area (Å²) < 4.78 is 67.1. The Hall–Kier alpha value is -1.91. The van der Waals surface area contributed by atoms with Crippen molar-refractivity contribution >= 4 is 22.0 Å². The van der Waals surface area contributed by atoms with E-state index in [1.807, 2.05) is 6.07 Å². The fourth-order valence-electron chi connectivity index (χ4n) is 5.11. The highest BCUT2D eigenvalue weighted by Crippen LogP contribution is 2.41. The van der Waals surface area contributed by atoms with Gasteiger partial charge in [0.05, 0.1) is 23.8 Å². The first-order valence-electron chi connectivity index (χ1n) is 11.3. The van der Waals surface area contributed by atoms with Gasteiger partial charge in [0.2, 0.25) is 11.8 Å². The number of amides is 2. The van der Waals surface area contributed by atoms with E-state index < -0.39 is 46.2 Å². The highest BCUT2D eigenvalue weighted by atomic mass is 32.2. The average molecular weight is 492 g/mol. The van der Waals surface area contributed by atoms with Crippen LogP contribution in [0.25, 0.3) is 0 Å². The Morgan fingerprint density at radius 3 is 2.27 bits per heavy atom. The van der Waals surface area contributed by atoms with Gasteiger partial charge in [0, 0.05) is 38.8 Å². The zero-order valence-corrected chi connectivity index (χ0v) is 18.9. The van der Waals surface area contributed by atoms with E-state index in [2.05, 4.69) is 5.32 Å². The van der Waals surface area contributed by atoms with E-state index in [0.717, 1.165) is 0 Å². The fourth-order valence-corrected chi connectivity index (χ4v) is 6.90. The molecule has 0 aromatic rings. The number of nitrogens with zero attached hydrogens (tertiary/aromatic N) is 4. The standard InChI is InChI=1S/C20H28F3N5O4S/c21-20(22,23)15-5-6-16(15)25-18(29)17-4-2-8-28(17)19(30)14-3-1-7-26(12-14)33(31,32)27-10-13(9-24)11-27/h13-17H,1-8,10-12H2,(H,25,29)/t14-,15-,16-,17+/m0/s1. The molecule has 9 nitrogen and oxygen atoms in total. The summed E-state index contributed by atoms with van der Waals surface area (Å²) in [5.41, 5.74) is 0. The topological polar surface area (TPSA) is 114 Å². The van der Waals surface area contributed by atoms with Gasteiger partial charge in [0.1, 0.15) is 6.04 Å². The van der Waals surface area contributed by atoms with Gasteiger partial charge in [0.15, 0.2) is 0 Å². The van der Waals surface area contributed by atoms with E-state index in [1.54, 1.807) is 0 Å². The Labute approximate surface area is 191 Å². The van der Waals surface area contributed by atoms with E-state index in [0.29, 0.717) is 32.2 Å². The molecule has 2 amide bonds. The molecule has 0 aromatic carbocycles. The molecule has 4 fully saturated rings. The highest BCUT2D eigenvalue weighted by Gasteiger charge is 2.51. The zero-order chi connectivity index (χ0) is 24.0. The van der Waals surface area contributed by atoms with Crippen LogP contribution in [0.3, 0.4) is 0 Å². The van der Waals surface area contributed by atoms with Gasteiger partial charge in [-0.15, -0.1) is 0 Å². The molecule has 0 unspecified atom stereocenters. The van der Waals surface area contributed by atoms with Gasteiger partial charge >= 0.3 is 6.18 Å². The van der Waals surface area contributed by atoms with E-state index in [9.17, 15) is 31.2 Å². The second kappa shape index (κ2) is 9.03. The molecule has 13 heteroatoms. The summed E-state index contributed by atoms with van der Waals surface area (Å²) in [6, 6.07) is 0.246. The Morgan fingerprint density at radius 1 is 0.970 bits per heavy atom. The molecule has 0 bridgehead atoms. The maximum atomic E-state index is 13.2. The Kier molecular flexibility index (Phi) is 6.63. The first kappa shape index (κ1) is 24.2. The van der Waals surface area contributed by atoms with Crippen molar-refractivity contribution in [3.05, 3.63) is 0 Å². The fraction of sp³-hybridized carbons (Fsp3) is 0.850. The minimum atomic E-state index is -4.36. The van der Waals surface area contributed by atoms with Gasteiger partial charge in [-0.05, 0) is 38.5 Å². The molecule has 4 aliphatic rings. The van der Waals surface area contributed by atoms with Crippen molar-refractivity contribution in [3.63, 3.8) is 0 Å². The van der Waals surface area contributed by atoms with Gasteiger partial charge < -0.3 is 10.2 Å². The van der Waals surface area contributed by atoms with Crippen molar-refractivity contribution < 1.29 is 31.2 Å². The first-order valence-corrected chi connectivity index (χ1v) is 12.7. The number of rotatable bonds is 5. The van der Waals surface area contributed by atoms with E-state index in [-0.39, 0.29) is 50.8 Å². The van der Waals surface area contributed by atoms with Crippen molar-refractivity contribution in [2.45, 2.75) is 56.8 Å². The van der Waals surface area contributed by atoms with Crippen molar-refractivity contribution in [2.75, 3.05) is 32.7 Å². The number of likely N-dealkylation sites (tertiary alicyclic amines) is 1. The molecule has 1 saturated carbocycles. The molecule has 0 radical (unpaired) electrons. The predicted molar refractivity (Wildman–Crippen MR) is 109 cm³/mol. The van der Waals surface area contributed by atoms with Gasteiger partial charge in [-0.1, -0.05) is 0 Å². The average Bonchev–Trinajstić information content (AvgIpc) is 3.18. The summed E-state index contributed by atoms with van der Waals surface area (Å²) in [4.78, 5) is 27.4. The maximum Gasteiger partial charge on any atom is 0.393 e. The van der Waals surface area contributed by atoms with Crippen LogP contribution in [-0.2, 0) is 19.8 Å². The molecule has 1 aliphatic carbocycles. The summed E-state index contributed by atoms with van der Waals surface area (Å²) in [5, 5.41) is 11.4.